The zero-order valence-corrected chi connectivity index (χ0v) is 14.9. The molecule has 0 saturated heterocycles. The molecule has 2 aromatic carbocycles. The van der Waals surface area contributed by atoms with Crippen molar-refractivity contribution < 1.29 is 4.74 Å². The Kier molecular flexibility index (Phi) is 4.57. The van der Waals surface area contributed by atoms with Gasteiger partial charge in [0.1, 0.15) is 18.2 Å². The van der Waals surface area contributed by atoms with Crippen molar-refractivity contribution in [1.82, 2.24) is 9.55 Å². The smallest absolute Gasteiger partial charge is 0.254 e. The number of hydrogen-bond acceptors (Lipinski definition) is 3. The molecule has 4 rings (SSSR count). The summed E-state index contributed by atoms with van der Waals surface area (Å²) < 4.78 is 7.64. The van der Waals surface area contributed by atoms with Crippen LogP contribution in [0.5, 0.6) is 5.75 Å². The lowest BCUT2D eigenvalue weighted by atomic mass is 10.0. The van der Waals surface area contributed by atoms with Gasteiger partial charge in [-0.05, 0) is 42.2 Å². The van der Waals surface area contributed by atoms with E-state index in [1.165, 1.54) is 0 Å². The summed E-state index contributed by atoms with van der Waals surface area (Å²) in [5, 5.41) is 0. The Hall–Kier alpha value is -2.88. The van der Waals surface area contributed by atoms with Gasteiger partial charge in [-0.15, -0.1) is 0 Å². The van der Waals surface area contributed by atoms with Crippen LogP contribution in [0, 0.1) is 5.92 Å². The van der Waals surface area contributed by atoms with Crippen LogP contribution in [0.25, 0.3) is 11.3 Å². The van der Waals surface area contributed by atoms with E-state index in [-0.39, 0.29) is 5.56 Å². The topological polar surface area (TPSA) is 44.1 Å². The second-order valence-corrected chi connectivity index (χ2v) is 6.95. The Bertz CT molecular complexity index is 946. The summed E-state index contributed by atoms with van der Waals surface area (Å²) in [5.41, 5.74) is 2.86. The van der Waals surface area contributed by atoms with E-state index in [4.69, 9.17) is 9.72 Å². The first-order valence-corrected chi connectivity index (χ1v) is 9.07. The molecule has 4 nitrogen and oxygen atoms in total. The molecule has 3 aromatic rings. The number of fused-ring (bicyclic) bond motifs is 1. The Morgan fingerprint density at radius 1 is 1.12 bits per heavy atom. The lowest BCUT2D eigenvalue weighted by Gasteiger charge is -2.22. The first-order chi connectivity index (χ1) is 12.7. The quantitative estimate of drug-likeness (QED) is 0.715. The molecule has 2 heterocycles. The van der Waals surface area contributed by atoms with Gasteiger partial charge in [0, 0.05) is 24.6 Å². The first-order valence-electron chi connectivity index (χ1n) is 9.07. The van der Waals surface area contributed by atoms with Crippen LogP contribution < -0.4 is 10.3 Å². The van der Waals surface area contributed by atoms with Gasteiger partial charge in [0.05, 0.1) is 5.69 Å². The fourth-order valence-corrected chi connectivity index (χ4v) is 3.33. The molecule has 1 atom stereocenters. The molecule has 0 bridgehead atoms. The average Bonchev–Trinajstić information content (AvgIpc) is 2.68. The highest BCUT2D eigenvalue weighted by Crippen LogP contribution is 2.23. The fourth-order valence-electron chi connectivity index (χ4n) is 3.33. The van der Waals surface area contributed by atoms with Crippen LogP contribution in [0.1, 0.15) is 24.7 Å². The normalized spacial score (nSPS) is 16.1. The highest BCUT2D eigenvalue weighted by Gasteiger charge is 2.18. The number of aryl methyl sites for hydroxylation is 1. The minimum absolute atomic E-state index is 0.0426. The van der Waals surface area contributed by atoms with Gasteiger partial charge in [0.2, 0.25) is 0 Å². The van der Waals surface area contributed by atoms with E-state index in [1.807, 2.05) is 59.2 Å². The van der Waals surface area contributed by atoms with Crippen LogP contribution in [0.15, 0.2) is 65.5 Å². The van der Waals surface area contributed by atoms with Gasteiger partial charge < -0.3 is 4.74 Å². The van der Waals surface area contributed by atoms with Crippen molar-refractivity contribution in [3.63, 3.8) is 0 Å². The molecule has 0 radical (unpaired) electrons. The number of rotatable bonds is 4. The van der Waals surface area contributed by atoms with Gasteiger partial charge in [-0.25, -0.2) is 4.98 Å². The molecular formula is C22H22N2O2. The number of aromatic nitrogens is 2. The molecule has 0 fully saturated rings. The number of benzene rings is 2. The highest BCUT2D eigenvalue weighted by molar-refractivity contribution is 5.59. The molecule has 26 heavy (non-hydrogen) atoms. The lowest BCUT2D eigenvalue weighted by molar-refractivity contribution is 0.306. The molecule has 1 aliphatic rings. The van der Waals surface area contributed by atoms with E-state index >= 15 is 0 Å². The number of hydrogen-bond donors (Lipinski definition) is 0. The van der Waals surface area contributed by atoms with E-state index in [1.54, 1.807) is 6.07 Å². The molecule has 1 aliphatic heterocycles. The zero-order chi connectivity index (χ0) is 17.9. The second-order valence-electron chi connectivity index (χ2n) is 6.95. The minimum Gasteiger partial charge on any atom is -0.489 e. The summed E-state index contributed by atoms with van der Waals surface area (Å²) in [6.45, 7) is 3.49. The van der Waals surface area contributed by atoms with Crippen LogP contribution in [-0.4, -0.2) is 9.55 Å². The summed E-state index contributed by atoms with van der Waals surface area (Å²) in [6, 6.07) is 19.5. The van der Waals surface area contributed by atoms with E-state index in [0.717, 1.165) is 47.8 Å². The van der Waals surface area contributed by atoms with Crippen molar-refractivity contribution in [2.24, 2.45) is 5.92 Å². The standard InChI is InChI=1S/C22H22N2O2/c1-16-7-12-21-23-20(13-22(25)24(21)14-16)18-8-10-19(11-9-18)26-15-17-5-3-2-4-6-17/h2-6,8-11,13,16H,7,12,14-15H2,1H3. The van der Waals surface area contributed by atoms with Crippen LogP contribution in [0.4, 0.5) is 0 Å². The van der Waals surface area contributed by atoms with Crippen molar-refractivity contribution in [2.75, 3.05) is 0 Å². The summed E-state index contributed by atoms with van der Waals surface area (Å²) in [5.74, 6) is 2.24. The number of nitrogens with zero attached hydrogens (tertiary/aromatic N) is 2. The molecule has 132 valence electrons. The van der Waals surface area contributed by atoms with Crippen LogP contribution in [0.2, 0.25) is 0 Å². The summed E-state index contributed by atoms with van der Waals surface area (Å²) in [7, 11) is 0. The Labute approximate surface area is 153 Å². The Morgan fingerprint density at radius 2 is 1.88 bits per heavy atom. The first kappa shape index (κ1) is 16.6. The number of ether oxygens (including phenoxy) is 1. The minimum atomic E-state index is 0.0426. The van der Waals surface area contributed by atoms with Crippen LogP contribution in [-0.2, 0) is 19.6 Å². The van der Waals surface area contributed by atoms with E-state index in [2.05, 4.69) is 6.92 Å². The van der Waals surface area contributed by atoms with Gasteiger partial charge in [0.25, 0.3) is 5.56 Å². The molecule has 0 amide bonds. The van der Waals surface area contributed by atoms with E-state index < -0.39 is 0 Å². The summed E-state index contributed by atoms with van der Waals surface area (Å²) in [4.78, 5) is 17.2. The van der Waals surface area contributed by atoms with Crippen molar-refractivity contribution in [2.45, 2.75) is 32.9 Å². The lowest BCUT2D eigenvalue weighted by Crippen LogP contribution is -2.31. The highest BCUT2D eigenvalue weighted by atomic mass is 16.5. The molecule has 1 aromatic heterocycles. The van der Waals surface area contributed by atoms with Crippen molar-refractivity contribution >= 4 is 0 Å². The van der Waals surface area contributed by atoms with Crippen LogP contribution >= 0.6 is 0 Å². The third-order valence-corrected chi connectivity index (χ3v) is 4.84. The SMILES string of the molecule is CC1CCc2nc(-c3ccc(OCc4ccccc4)cc3)cc(=O)n2C1. The van der Waals surface area contributed by atoms with Gasteiger partial charge in [-0.3, -0.25) is 9.36 Å². The van der Waals surface area contributed by atoms with Gasteiger partial charge in [-0.2, -0.15) is 0 Å². The summed E-state index contributed by atoms with van der Waals surface area (Å²) in [6.07, 6.45) is 1.95. The second kappa shape index (κ2) is 7.16. The fraction of sp³-hybridized carbons (Fsp3) is 0.273. The maximum atomic E-state index is 12.4. The van der Waals surface area contributed by atoms with E-state index in [0.29, 0.717) is 12.5 Å². The third-order valence-electron chi connectivity index (χ3n) is 4.84. The van der Waals surface area contributed by atoms with Gasteiger partial charge >= 0.3 is 0 Å². The maximum absolute atomic E-state index is 12.4. The molecular weight excluding hydrogens is 324 g/mol. The van der Waals surface area contributed by atoms with Crippen molar-refractivity contribution in [3.8, 4) is 17.0 Å². The van der Waals surface area contributed by atoms with Crippen molar-refractivity contribution in [1.29, 1.82) is 0 Å². The third kappa shape index (κ3) is 3.54. The van der Waals surface area contributed by atoms with Gasteiger partial charge in [-0.1, -0.05) is 37.3 Å². The Balaban J connectivity index is 1.52. The largest absolute Gasteiger partial charge is 0.489 e. The average molecular weight is 346 g/mol. The zero-order valence-electron chi connectivity index (χ0n) is 14.9. The molecule has 0 aliphatic carbocycles. The molecule has 0 N–H and O–H groups in total. The monoisotopic (exact) mass is 346 g/mol. The maximum Gasteiger partial charge on any atom is 0.254 e. The molecule has 1 unspecified atom stereocenters. The molecule has 0 spiro atoms. The van der Waals surface area contributed by atoms with Crippen LogP contribution in [0.3, 0.4) is 0 Å². The Morgan fingerprint density at radius 3 is 2.65 bits per heavy atom. The molecule has 4 heteroatoms. The summed E-state index contributed by atoms with van der Waals surface area (Å²) >= 11 is 0. The van der Waals surface area contributed by atoms with Gasteiger partial charge in [0.15, 0.2) is 0 Å². The predicted molar refractivity (Wildman–Crippen MR) is 102 cm³/mol. The molecule has 0 saturated carbocycles. The van der Waals surface area contributed by atoms with Crippen molar-refractivity contribution in [3.05, 3.63) is 82.4 Å². The van der Waals surface area contributed by atoms with E-state index in [9.17, 15) is 4.79 Å². The predicted octanol–water partition coefficient (Wildman–Crippen LogP) is 4.07.